The van der Waals surface area contributed by atoms with Crippen LogP contribution in [0, 0.1) is 5.92 Å². The predicted molar refractivity (Wildman–Crippen MR) is 53.7 cm³/mol. The fourth-order valence-electron chi connectivity index (χ4n) is 2.37. The summed E-state index contributed by atoms with van der Waals surface area (Å²) in [5.41, 5.74) is -0.320. The van der Waals surface area contributed by atoms with Crippen molar-refractivity contribution in [1.82, 2.24) is 5.06 Å². The standard InChI is InChI=1S/C11H22NO/c1-6-11(5)9(2)7-8-10(3,4)12(11)13/h9H,6-8H2,1-5H3. The Kier molecular flexibility index (Phi) is 2.75. The van der Waals surface area contributed by atoms with Crippen LogP contribution >= 0.6 is 0 Å². The number of nitrogens with zero attached hydrogens (tertiary/aromatic N) is 1. The van der Waals surface area contributed by atoms with Gasteiger partial charge in [-0.2, -0.15) is 0 Å². The Balaban J connectivity index is 2.91. The lowest BCUT2D eigenvalue weighted by Gasteiger charge is -2.52. The maximum atomic E-state index is 12.1. The summed E-state index contributed by atoms with van der Waals surface area (Å²) >= 11 is 0. The zero-order valence-corrected chi connectivity index (χ0v) is 9.55. The van der Waals surface area contributed by atoms with Crippen molar-refractivity contribution in [3.05, 3.63) is 0 Å². The molecule has 2 nitrogen and oxygen atoms in total. The molecule has 13 heavy (non-hydrogen) atoms. The summed E-state index contributed by atoms with van der Waals surface area (Å²) in [5, 5.41) is 13.5. The van der Waals surface area contributed by atoms with Crippen LogP contribution in [0.3, 0.4) is 0 Å². The van der Waals surface area contributed by atoms with Crippen LogP contribution in [0.5, 0.6) is 0 Å². The van der Waals surface area contributed by atoms with E-state index < -0.39 is 0 Å². The highest BCUT2D eigenvalue weighted by atomic mass is 16.5. The van der Waals surface area contributed by atoms with Gasteiger partial charge >= 0.3 is 0 Å². The Morgan fingerprint density at radius 2 is 1.92 bits per heavy atom. The van der Waals surface area contributed by atoms with E-state index >= 15 is 0 Å². The van der Waals surface area contributed by atoms with Crippen LogP contribution in [0.25, 0.3) is 0 Å². The van der Waals surface area contributed by atoms with Gasteiger partial charge in [0.05, 0.1) is 0 Å². The molecule has 2 heteroatoms. The zero-order chi connectivity index (χ0) is 10.3. The second-order valence-corrected chi connectivity index (χ2v) is 5.26. The van der Waals surface area contributed by atoms with E-state index in [4.69, 9.17) is 0 Å². The molecule has 1 aliphatic rings. The minimum atomic E-state index is -0.169. The Labute approximate surface area is 81.9 Å². The smallest absolute Gasteiger partial charge is 0.0494 e. The molecule has 1 rings (SSSR count). The highest BCUT2D eigenvalue weighted by molar-refractivity contribution is 4.97. The van der Waals surface area contributed by atoms with Gasteiger partial charge in [-0.3, -0.25) is 0 Å². The van der Waals surface area contributed by atoms with Crippen molar-refractivity contribution in [1.29, 1.82) is 0 Å². The highest BCUT2D eigenvalue weighted by Crippen LogP contribution is 2.42. The fraction of sp³-hybridized carbons (Fsp3) is 1.00. The summed E-state index contributed by atoms with van der Waals surface area (Å²) in [4.78, 5) is 0. The summed E-state index contributed by atoms with van der Waals surface area (Å²) in [7, 11) is 0. The van der Waals surface area contributed by atoms with Crippen molar-refractivity contribution < 1.29 is 5.21 Å². The topological polar surface area (TPSA) is 23.1 Å². The Morgan fingerprint density at radius 3 is 2.31 bits per heavy atom. The van der Waals surface area contributed by atoms with Crippen molar-refractivity contribution in [3.63, 3.8) is 0 Å². The molecule has 0 aromatic rings. The van der Waals surface area contributed by atoms with Crippen molar-refractivity contribution in [3.8, 4) is 0 Å². The average molecular weight is 184 g/mol. The molecular weight excluding hydrogens is 162 g/mol. The minimum absolute atomic E-state index is 0.151. The molecule has 77 valence electrons. The number of hydrogen-bond acceptors (Lipinski definition) is 1. The zero-order valence-electron chi connectivity index (χ0n) is 9.55. The summed E-state index contributed by atoms with van der Waals surface area (Å²) in [6.07, 6.45) is 3.14. The summed E-state index contributed by atoms with van der Waals surface area (Å²) in [6, 6.07) is 0. The van der Waals surface area contributed by atoms with Crippen molar-refractivity contribution >= 4 is 0 Å². The number of rotatable bonds is 1. The maximum absolute atomic E-state index is 12.1. The van der Waals surface area contributed by atoms with Crippen LogP contribution < -0.4 is 0 Å². The summed E-state index contributed by atoms with van der Waals surface area (Å²) in [5.74, 6) is 0.517. The molecule has 0 spiro atoms. The molecule has 0 saturated carbocycles. The van der Waals surface area contributed by atoms with E-state index in [-0.39, 0.29) is 11.1 Å². The molecule has 0 N–H and O–H groups in total. The number of piperidine rings is 1. The monoisotopic (exact) mass is 184 g/mol. The third-order valence-corrected chi connectivity index (χ3v) is 3.98. The van der Waals surface area contributed by atoms with E-state index in [1.54, 1.807) is 0 Å². The van der Waals surface area contributed by atoms with Gasteiger partial charge in [-0.15, -0.1) is 10.3 Å². The van der Waals surface area contributed by atoms with Crippen molar-refractivity contribution in [2.24, 2.45) is 5.92 Å². The number of hydrogen-bond donors (Lipinski definition) is 0. The van der Waals surface area contributed by atoms with Gasteiger partial charge in [0, 0.05) is 11.1 Å². The van der Waals surface area contributed by atoms with Crippen LogP contribution in [0.2, 0.25) is 0 Å². The maximum Gasteiger partial charge on any atom is 0.0494 e. The lowest BCUT2D eigenvalue weighted by molar-refractivity contribution is -0.304. The predicted octanol–water partition coefficient (Wildman–Crippen LogP) is 3.01. The molecule has 1 heterocycles. The third kappa shape index (κ3) is 1.62. The first-order valence-corrected chi connectivity index (χ1v) is 5.32. The number of hydroxylamine groups is 2. The third-order valence-electron chi connectivity index (χ3n) is 3.98. The van der Waals surface area contributed by atoms with Crippen molar-refractivity contribution in [2.75, 3.05) is 0 Å². The van der Waals surface area contributed by atoms with Gasteiger partial charge in [0.15, 0.2) is 0 Å². The highest BCUT2D eigenvalue weighted by Gasteiger charge is 2.47. The van der Waals surface area contributed by atoms with Gasteiger partial charge < -0.3 is 0 Å². The van der Waals surface area contributed by atoms with Gasteiger partial charge in [0.25, 0.3) is 0 Å². The molecule has 1 radical (unpaired) electrons. The average Bonchev–Trinajstić information content (AvgIpc) is 2.09. The molecule has 2 atom stereocenters. The fourth-order valence-corrected chi connectivity index (χ4v) is 2.37. The Bertz CT molecular complexity index is 191. The normalized spacial score (nSPS) is 40.6. The van der Waals surface area contributed by atoms with E-state index in [9.17, 15) is 5.21 Å². The second kappa shape index (κ2) is 3.25. The first-order valence-electron chi connectivity index (χ1n) is 5.32. The van der Waals surface area contributed by atoms with E-state index in [1.807, 2.05) is 0 Å². The molecule has 0 aromatic heterocycles. The van der Waals surface area contributed by atoms with Gasteiger partial charge in [-0.25, -0.2) is 0 Å². The van der Waals surface area contributed by atoms with Gasteiger partial charge in [-0.05, 0) is 46.0 Å². The second-order valence-electron chi connectivity index (χ2n) is 5.26. The molecule has 0 amide bonds. The van der Waals surface area contributed by atoms with Crippen LogP contribution in [0.1, 0.15) is 53.9 Å². The Morgan fingerprint density at radius 1 is 1.38 bits per heavy atom. The quantitative estimate of drug-likeness (QED) is 0.614. The van der Waals surface area contributed by atoms with E-state index in [1.165, 1.54) is 11.5 Å². The van der Waals surface area contributed by atoms with Crippen LogP contribution in [-0.4, -0.2) is 16.1 Å². The van der Waals surface area contributed by atoms with Gasteiger partial charge in [0.1, 0.15) is 0 Å². The van der Waals surface area contributed by atoms with Crippen molar-refractivity contribution in [2.45, 2.75) is 65.0 Å². The molecule has 2 unspecified atom stereocenters. The summed E-state index contributed by atoms with van der Waals surface area (Å²) < 4.78 is 0. The van der Waals surface area contributed by atoms with Crippen LogP contribution in [-0.2, 0) is 5.21 Å². The SMILES string of the molecule is CCC1(C)C(C)CCC(C)(C)N1[O]. The van der Waals surface area contributed by atoms with E-state index in [0.29, 0.717) is 5.92 Å². The van der Waals surface area contributed by atoms with Crippen LogP contribution in [0.15, 0.2) is 0 Å². The lowest BCUT2D eigenvalue weighted by Crippen LogP contribution is -2.60. The first-order chi connectivity index (χ1) is 5.84. The molecule has 0 aromatic carbocycles. The largest absolute Gasteiger partial charge is 0.143 e. The van der Waals surface area contributed by atoms with Gasteiger partial charge in [0.2, 0.25) is 0 Å². The van der Waals surface area contributed by atoms with E-state index in [2.05, 4.69) is 34.6 Å². The summed E-state index contributed by atoms with van der Waals surface area (Å²) in [6.45, 7) is 10.5. The lowest BCUT2D eigenvalue weighted by atomic mass is 9.72. The first kappa shape index (κ1) is 11.0. The van der Waals surface area contributed by atoms with E-state index in [0.717, 1.165) is 12.8 Å². The van der Waals surface area contributed by atoms with Crippen LogP contribution in [0.4, 0.5) is 0 Å². The minimum Gasteiger partial charge on any atom is -0.143 e. The molecule has 0 bridgehead atoms. The molecule has 1 fully saturated rings. The molecule has 0 aliphatic carbocycles. The van der Waals surface area contributed by atoms with Gasteiger partial charge in [-0.1, -0.05) is 13.8 Å². The Hall–Kier alpha value is -0.0800. The molecule has 1 aliphatic heterocycles. The molecule has 1 saturated heterocycles. The molecular formula is C11H22NO.